The van der Waals surface area contributed by atoms with Crippen molar-refractivity contribution >= 4 is 23.8 Å². The van der Waals surface area contributed by atoms with Crippen molar-refractivity contribution in [1.29, 1.82) is 0 Å². The van der Waals surface area contributed by atoms with E-state index in [1.54, 1.807) is 14.7 Å². The van der Waals surface area contributed by atoms with Gasteiger partial charge in [-0.3, -0.25) is 24.4 Å². The average molecular weight is 757 g/mol. The van der Waals surface area contributed by atoms with E-state index in [1.165, 1.54) is 0 Å². The number of aliphatic carboxylic acids is 3. The molecule has 0 bridgehead atoms. The molecule has 1 heterocycles. The molecule has 1 unspecified atom stereocenters. The SMILES string of the molecule is NCCCNCCCCC(CCCN)NC(=O)CN1CCN(CC(=O)[O-])CCN(CC(=O)[O-])CCN(CC(=O)[O-])CC1.[Gd+3]. The largest absolute Gasteiger partial charge is 3.00 e. The molecule has 15 nitrogen and oxygen atoms in total. The Balaban J connectivity index is 0.0000176. The topological polar surface area (TPSA) is 227 Å². The van der Waals surface area contributed by atoms with Gasteiger partial charge < -0.3 is 51.8 Å². The molecule has 1 fully saturated rings. The van der Waals surface area contributed by atoms with Gasteiger partial charge in [0.2, 0.25) is 5.91 Å². The van der Waals surface area contributed by atoms with E-state index in [1.807, 2.05) is 4.90 Å². The third-order valence-corrected chi connectivity index (χ3v) is 7.19. The maximum atomic E-state index is 13.1. The van der Waals surface area contributed by atoms with Crippen LogP contribution in [-0.2, 0) is 19.2 Å². The Labute approximate surface area is 287 Å². The number of nitrogens with two attached hydrogens (primary N) is 2. The number of nitrogens with one attached hydrogen (secondary N) is 2. The molecule has 1 radical (unpaired) electrons. The molecule has 43 heavy (non-hydrogen) atoms. The summed E-state index contributed by atoms with van der Waals surface area (Å²) in [5.41, 5.74) is 11.2. The molecular formula is C27H51GdN8O7. The number of carbonyl (C=O) groups excluding carboxylic acids is 4. The first-order valence-electron chi connectivity index (χ1n) is 15.0. The Kier molecular flexibility index (Phi) is 25.5. The molecule has 249 valence electrons. The van der Waals surface area contributed by atoms with Gasteiger partial charge in [0.1, 0.15) is 0 Å². The molecule has 6 N–H and O–H groups in total. The smallest absolute Gasteiger partial charge is 0.549 e. The number of rotatable bonds is 20. The first-order valence-corrected chi connectivity index (χ1v) is 15.0. The van der Waals surface area contributed by atoms with E-state index in [9.17, 15) is 34.5 Å². The number of carboxylic acid groups (broad SMARTS) is 3. The van der Waals surface area contributed by atoms with Crippen molar-refractivity contribution < 1.29 is 74.4 Å². The number of carboxylic acids is 3. The van der Waals surface area contributed by atoms with E-state index in [2.05, 4.69) is 10.6 Å². The molecule has 0 aromatic carbocycles. The Hall–Kier alpha value is -1.08. The van der Waals surface area contributed by atoms with Gasteiger partial charge in [0.25, 0.3) is 0 Å². The van der Waals surface area contributed by atoms with Crippen molar-refractivity contribution in [3.05, 3.63) is 0 Å². The minimum absolute atomic E-state index is 0. The molecule has 1 aliphatic heterocycles. The van der Waals surface area contributed by atoms with Crippen molar-refractivity contribution in [2.24, 2.45) is 11.5 Å². The van der Waals surface area contributed by atoms with E-state index in [-0.39, 0.29) is 104 Å². The van der Waals surface area contributed by atoms with E-state index >= 15 is 0 Å². The van der Waals surface area contributed by atoms with Gasteiger partial charge in [-0.1, -0.05) is 6.42 Å². The van der Waals surface area contributed by atoms with Crippen molar-refractivity contribution in [2.45, 2.75) is 44.6 Å². The Morgan fingerprint density at radius 3 is 1.35 bits per heavy atom. The molecule has 0 saturated carbocycles. The van der Waals surface area contributed by atoms with Gasteiger partial charge >= 0.3 is 39.9 Å². The first kappa shape index (κ1) is 41.9. The van der Waals surface area contributed by atoms with Gasteiger partial charge in [-0.2, -0.15) is 0 Å². The summed E-state index contributed by atoms with van der Waals surface area (Å²) in [6, 6.07) is -0.0172. The van der Waals surface area contributed by atoms with Gasteiger partial charge in [-0.15, -0.1) is 0 Å². The van der Waals surface area contributed by atoms with Crippen LogP contribution in [0.15, 0.2) is 0 Å². The van der Waals surface area contributed by atoms with E-state index < -0.39 is 17.9 Å². The first-order chi connectivity index (χ1) is 20.1. The summed E-state index contributed by atoms with van der Waals surface area (Å²) in [5.74, 6) is -3.95. The van der Waals surface area contributed by atoms with Crippen molar-refractivity contribution in [1.82, 2.24) is 30.2 Å². The van der Waals surface area contributed by atoms with Gasteiger partial charge in [0, 0.05) is 78.0 Å². The fourth-order valence-electron chi connectivity index (χ4n) is 4.88. The molecule has 16 heteroatoms. The number of hydrogen-bond acceptors (Lipinski definition) is 14. The van der Waals surface area contributed by atoms with Gasteiger partial charge in [-0.25, -0.2) is 0 Å². The summed E-state index contributed by atoms with van der Waals surface area (Å²) in [4.78, 5) is 53.8. The van der Waals surface area contributed by atoms with E-state index in [0.717, 1.165) is 51.6 Å². The standard InChI is InChI=1S/C27H54N8O7.Gd/c28-7-3-6-23(5-1-2-9-30-10-4-8-29)31-24(36)19-32-11-13-33(20-25(37)38)15-17-35(22-27(41)42)18-16-34(14-12-32)21-26(39)40;/h23,30H,1-22,28-29H2,(H,31,36)(H,37,38)(H,39,40)(H,41,42);/q;+3/p-3. The van der Waals surface area contributed by atoms with Crippen LogP contribution >= 0.6 is 0 Å². The Morgan fingerprint density at radius 2 is 0.953 bits per heavy atom. The van der Waals surface area contributed by atoms with Crippen LogP contribution in [0.2, 0.25) is 0 Å². The summed E-state index contributed by atoms with van der Waals surface area (Å²) in [6.07, 6.45) is 5.24. The summed E-state index contributed by atoms with van der Waals surface area (Å²) < 4.78 is 0. The molecule has 0 aromatic heterocycles. The maximum absolute atomic E-state index is 13.1. The quantitative estimate of drug-likeness (QED) is 0.0849. The van der Waals surface area contributed by atoms with Crippen LogP contribution in [0.25, 0.3) is 0 Å². The number of amides is 1. The number of carbonyl (C=O) groups is 4. The van der Waals surface area contributed by atoms with Crippen LogP contribution in [0, 0.1) is 39.9 Å². The molecule has 0 aromatic rings. The van der Waals surface area contributed by atoms with E-state index in [4.69, 9.17) is 11.5 Å². The zero-order chi connectivity index (χ0) is 31.2. The molecule has 0 spiro atoms. The summed E-state index contributed by atoms with van der Waals surface area (Å²) in [7, 11) is 0. The van der Waals surface area contributed by atoms with Crippen molar-refractivity contribution in [3.8, 4) is 0 Å². The zero-order valence-corrected chi connectivity index (χ0v) is 27.6. The molecule has 1 atom stereocenters. The number of hydrogen-bond donors (Lipinski definition) is 4. The maximum Gasteiger partial charge on any atom is 3.00 e. The van der Waals surface area contributed by atoms with Crippen LogP contribution in [0.1, 0.15) is 38.5 Å². The van der Waals surface area contributed by atoms with Crippen molar-refractivity contribution in [2.75, 3.05) is 105 Å². The average Bonchev–Trinajstić information content (AvgIpc) is 2.91. The fourth-order valence-corrected chi connectivity index (χ4v) is 4.88. The molecule has 1 amide bonds. The molecule has 1 saturated heterocycles. The summed E-state index contributed by atoms with van der Waals surface area (Å²) in [5, 5.41) is 40.4. The third kappa shape index (κ3) is 23.0. The predicted octanol–water partition coefficient (Wildman–Crippen LogP) is -6.21. The van der Waals surface area contributed by atoms with Gasteiger partial charge in [0.05, 0.1) is 24.5 Å². The third-order valence-electron chi connectivity index (χ3n) is 7.19. The second kappa shape index (κ2) is 26.2. The normalized spacial score (nSPS) is 17.3. The minimum atomic E-state index is -1.28. The summed E-state index contributed by atoms with van der Waals surface area (Å²) in [6.45, 7) is 4.29. The second-order valence-electron chi connectivity index (χ2n) is 10.8. The van der Waals surface area contributed by atoms with E-state index in [0.29, 0.717) is 39.3 Å². The van der Waals surface area contributed by atoms with Crippen molar-refractivity contribution in [3.63, 3.8) is 0 Å². The Morgan fingerprint density at radius 1 is 0.581 bits per heavy atom. The molecular weight excluding hydrogens is 706 g/mol. The number of unbranched alkanes of at least 4 members (excludes halogenated alkanes) is 1. The minimum Gasteiger partial charge on any atom is -0.549 e. The van der Waals surface area contributed by atoms with Gasteiger partial charge in [-0.05, 0) is 58.3 Å². The Bertz CT molecular complexity index is 766. The molecule has 1 aliphatic rings. The monoisotopic (exact) mass is 757 g/mol. The molecule has 0 aliphatic carbocycles. The fraction of sp³-hybridized carbons (Fsp3) is 0.852. The summed E-state index contributed by atoms with van der Waals surface area (Å²) >= 11 is 0. The van der Waals surface area contributed by atoms with Crippen LogP contribution in [-0.4, -0.2) is 154 Å². The van der Waals surface area contributed by atoms with Crippen LogP contribution in [0.5, 0.6) is 0 Å². The van der Waals surface area contributed by atoms with Crippen LogP contribution < -0.4 is 37.4 Å². The van der Waals surface area contributed by atoms with Crippen LogP contribution in [0.3, 0.4) is 0 Å². The van der Waals surface area contributed by atoms with Crippen LogP contribution in [0.4, 0.5) is 0 Å². The van der Waals surface area contributed by atoms with Gasteiger partial charge in [0.15, 0.2) is 0 Å². The molecule has 1 rings (SSSR count). The zero-order valence-electron chi connectivity index (χ0n) is 25.3. The number of nitrogens with zero attached hydrogens (tertiary/aromatic N) is 4. The second-order valence-corrected chi connectivity index (χ2v) is 10.8. The predicted molar refractivity (Wildman–Crippen MR) is 151 cm³/mol.